The standard InChI is InChI=1S/C11H8ClF3IN3S/c12-6-3-5(1-2-7(6)16)9(19-17)8-4-18-10(20-8)11(13,14)15/h1-4,9,19H,17H2. The zero-order valence-electron chi connectivity index (χ0n) is 9.71. The fourth-order valence-electron chi connectivity index (χ4n) is 1.59. The van der Waals surface area contributed by atoms with Crippen molar-refractivity contribution in [3.05, 3.63) is 48.4 Å². The van der Waals surface area contributed by atoms with Crippen LogP contribution in [0.5, 0.6) is 0 Å². The highest BCUT2D eigenvalue weighted by molar-refractivity contribution is 14.1. The number of hydrogen-bond donors (Lipinski definition) is 2. The lowest BCUT2D eigenvalue weighted by atomic mass is 10.1. The van der Waals surface area contributed by atoms with Crippen LogP contribution in [0, 0.1) is 3.57 Å². The number of halogens is 5. The maximum atomic E-state index is 12.6. The van der Waals surface area contributed by atoms with Crippen molar-refractivity contribution < 1.29 is 13.2 Å². The number of thiazole rings is 1. The molecular formula is C11H8ClF3IN3S. The highest BCUT2D eigenvalue weighted by Crippen LogP contribution is 2.36. The average Bonchev–Trinajstić information content (AvgIpc) is 2.84. The summed E-state index contributed by atoms with van der Waals surface area (Å²) in [5.74, 6) is 5.45. The van der Waals surface area contributed by atoms with Crippen LogP contribution < -0.4 is 11.3 Å². The normalized spacial score (nSPS) is 13.5. The first kappa shape index (κ1) is 16.0. The van der Waals surface area contributed by atoms with Crippen LogP contribution >= 0.6 is 45.5 Å². The Bertz CT molecular complexity index is 617. The minimum atomic E-state index is -4.45. The van der Waals surface area contributed by atoms with E-state index >= 15 is 0 Å². The minimum Gasteiger partial charge on any atom is -0.271 e. The molecule has 3 nitrogen and oxygen atoms in total. The van der Waals surface area contributed by atoms with Gasteiger partial charge in [-0.2, -0.15) is 13.2 Å². The first-order chi connectivity index (χ1) is 9.32. The first-order valence-electron chi connectivity index (χ1n) is 5.27. The van der Waals surface area contributed by atoms with Crippen LogP contribution in [0.4, 0.5) is 13.2 Å². The maximum absolute atomic E-state index is 12.6. The van der Waals surface area contributed by atoms with Crippen molar-refractivity contribution >= 4 is 45.5 Å². The van der Waals surface area contributed by atoms with Gasteiger partial charge in [-0.25, -0.2) is 10.4 Å². The zero-order valence-corrected chi connectivity index (χ0v) is 13.4. The van der Waals surface area contributed by atoms with Crippen LogP contribution in [0.3, 0.4) is 0 Å². The molecule has 0 bridgehead atoms. The van der Waals surface area contributed by atoms with Gasteiger partial charge >= 0.3 is 6.18 Å². The van der Waals surface area contributed by atoms with Gasteiger partial charge in [-0.15, -0.1) is 11.3 Å². The number of aromatic nitrogens is 1. The van der Waals surface area contributed by atoms with Crippen LogP contribution in [-0.4, -0.2) is 4.98 Å². The molecule has 0 spiro atoms. The Morgan fingerprint density at radius 1 is 1.40 bits per heavy atom. The number of nitrogens with zero attached hydrogens (tertiary/aromatic N) is 1. The van der Waals surface area contributed by atoms with Gasteiger partial charge in [0, 0.05) is 14.6 Å². The monoisotopic (exact) mass is 433 g/mol. The lowest BCUT2D eigenvalue weighted by molar-refractivity contribution is -0.137. The molecule has 0 saturated heterocycles. The molecule has 1 atom stereocenters. The van der Waals surface area contributed by atoms with Crippen molar-refractivity contribution in [2.24, 2.45) is 5.84 Å². The molecule has 2 aromatic rings. The number of benzene rings is 1. The lowest BCUT2D eigenvalue weighted by Crippen LogP contribution is -2.28. The predicted molar refractivity (Wildman–Crippen MR) is 80.5 cm³/mol. The van der Waals surface area contributed by atoms with E-state index in [0.29, 0.717) is 26.8 Å². The number of nitrogens with one attached hydrogen (secondary N) is 1. The van der Waals surface area contributed by atoms with E-state index in [2.05, 4.69) is 33.0 Å². The molecule has 1 unspecified atom stereocenters. The Kier molecular flexibility index (Phi) is 4.90. The summed E-state index contributed by atoms with van der Waals surface area (Å²) in [5, 5.41) is -0.381. The molecule has 1 aromatic carbocycles. The number of hydrazine groups is 1. The smallest absolute Gasteiger partial charge is 0.271 e. The van der Waals surface area contributed by atoms with Gasteiger partial charge in [0.05, 0.1) is 11.1 Å². The Morgan fingerprint density at radius 2 is 2.10 bits per heavy atom. The highest BCUT2D eigenvalue weighted by Gasteiger charge is 2.35. The number of rotatable bonds is 3. The van der Waals surface area contributed by atoms with Gasteiger partial charge in [0.25, 0.3) is 0 Å². The predicted octanol–water partition coefficient (Wildman–Crippen LogP) is 3.97. The van der Waals surface area contributed by atoms with Gasteiger partial charge in [-0.05, 0) is 40.3 Å². The van der Waals surface area contributed by atoms with Crippen molar-refractivity contribution in [1.82, 2.24) is 10.4 Å². The molecule has 2 rings (SSSR count). The third-order valence-electron chi connectivity index (χ3n) is 2.49. The zero-order chi connectivity index (χ0) is 14.9. The van der Waals surface area contributed by atoms with Crippen molar-refractivity contribution in [2.75, 3.05) is 0 Å². The quantitative estimate of drug-likeness (QED) is 0.437. The van der Waals surface area contributed by atoms with E-state index < -0.39 is 17.2 Å². The molecule has 3 N–H and O–H groups in total. The molecule has 0 aliphatic heterocycles. The Morgan fingerprint density at radius 3 is 2.60 bits per heavy atom. The molecule has 108 valence electrons. The van der Waals surface area contributed by atoms with Crippen LogP contribution in [-0.2, 0) is 6.18 Å². The number of hydrogen-bond acceptors (Lipinski definition) is 4. The molecule has 20 heavy (non-hydrogen) atoms. The van der Waals surface area contributed by atoms with Gasteiger partial charge in [-0.1, -0.05) is 17.7 Å². The maximum Gasteiger partial charge on any atom is 0.443 e. The summed E-state index contributed by atoms with van der Waals surface area (Å²) in [6.07, 6.45) is -3.28. The Balaban J connectivity index is 2.37. The lowest BCUT2D eigenvalue weighted by Gasteiger charge is -2.15. The average molecular weight is 434 g/mol. The van der Waals surface area contributed by atoms with E-state index in [0.717, 1.165) is 3.57 Å². The van der Waals surface area contributed by atoms with E-state index in [1.807, 2.05) is 0 Å². The second-order valence-electron chi connectivity index (χ2n) is 3.84. The van der Waals surface area contributed by atoms with Crippen molar-refractivity contribution in [2.45, 2.75) is 12.2 Å². The molecule has 1 heterocycles. The van der Waals surface area contributed by atoms with Gasteiger partial charge in [0.1, 0.15) is 0 Å². The topological polar surface area (TPSA) is 50.9 Å². The highest BCUT2D eigenvalue weighted by atomic mass is 127. The molecule has 9 heteroatoms. The van der Waals surface area contributed by atoms with E-state index in [9.17, 15) is 13.2 Å². The van der Waals surface area contributed by atoms with Crippen LogP contribution in [0.25, 0.3) is 0 Å². The molecule has 1 aromatic heterocycles. The third kappa shape index (κ3) is 3.42. The molecule has 0 radical (unpaired) electrons. The van der Waals surface area contributed by atoms with Crippen LogP contribution in [0.15, 0.2) is 24.4 Å². The van der Waals surface area contributed by atoms with Gasteiger partial charge in [0.2, 0.25) is 0 Å². The second-order valence-corrected chi connectivity index (χ2v) is 6.47. The van der Waals surface area contributed by atoms with E-state index in [1.165, 1.54) is 6.20 Å². The van der Waals surface area contributed by atoms with E-state index in [-0.39, 0.29) is 0 Å². The van der Waals surface area contributed by atoms with Crippen molar-refractivity contribution in [3.8, 4) is 0 Å². The third-order valence-corrected chi connectivity index (χ3v) is 5.17. The molecule has 0 saturated carbocycles. The number of nitrogens with two attached hydrogens (primary N) is 1. The summed E-state index contributed by atoms with van der Waals surface area (Å²) in [7, 11) is 0. The van der Waals surface area contributed by atoms with Gasteiger partial charge in [-0.3, -0.25) is 5.84 Å². The fourth-order valence-corrected chi connectivity index (χ4v) is 2.98. The van der Waals surface area contributed by atoms with Crippen LogP contribution in [0.2, 0.25) is 5.02 Å². The van der Waals surface area contributed by atoms with Crippen LogP contribution in [0.1, 0.15) is 21.5 Å². The Hall–Kier alpha value is -0.420. The molecule has 0 fully saturated rings. The van der Waals surface area contributed by atoms with E-state index in [1.54, 1.807) is 18.2 Å². The minimum absolute atomic E-state index is 0.372. The second kappa shape index (κ2) is 6.14. The van der Waals surface area contributed by atoms with Crippen molar-refractivity contribution in [3.63, 3.8) is 0 Å². The SMILES string of the molecule is NNC(c1ccc(I)c(Cl)c1)c1cnc(C(F)(F)F)s1. The van der Waals surface area contributed by atoms with E-state index in [4.69, 9.17) is 17.4 Å². The van der Waals surface area contributed by atoms with Gasteiger partial charge in [0.15, 0.2) is 5.01 Å². The number of alkyl halides is 3. The van der Waals surface area contributed by atoms with Gasteiger partial charge < -0.3 is 0 Å². The fraction of sp³-hybridized carbons (Fsp3) is 0.182. The largest absolute Gasteiger partial charge is 0.443 e. The molecule has 0 aliphatic carbocycles. The summed E-state index contributed by atoms with van der Waals surface area (Å²) in [6.45, 7) is 0. The molecular weight excluding hydrogens is 426 g/mol. The summed E-state index contributed by atoms with van der Waals surface area (Å²) in [5.41, 5.74) is 3.16. The molecule has 0 aliphatic rings. The molecule has 0 amide bonds. The summed E-state index contributed by atoms with van der Waals surface area (Å²) >= 11 is 8.63. The summed E-state index contributed by atoms with van der Waals surface area (Å²) in [4.78, 5) is 3.76. The summed E-state index contributed by atoms with van der Waals surface area (Å²) in [6, 6.07) is 4.61. The van der Waals surface area contributed by atoms with Crippen molar-refractivity contribution in [1.29, 1.82) is 0 Å². The Labute approximate surface area is 135 Å². The first-order valence-corrected chi connectivity index (χ1v) is 7.54. The summed E-state index contributed by atoms with van der Waals surface area (Å²) < 4.78 is 38.5.